The molecule has 1 atom stereocenters. The molecular formula is C19H34N4O2. The van der Waals surface area contributed by atoms with Gasteiger partial charge in [0.15, 0.2) is 0 Å². The van der Waals surface area contributed by atoms with E-state index in [0.717, 1.165) is 31.0 Å². The second kappa shape index (κ2) is 10.4. The topological polar surface area (TPSA) is 68.2 Å². The zero-order chi connectivity index (χ0) is 18.1. The molecule has 0 aromatic carbocycles. The van der Waals surface area contributed by atoms with Crippen molar-refractivity contribution in [3.63, 3.8) is 0 Å². The normalized spacial score (nSPS) is 16.6. The SMILES string of the molecule is Cc1cc(C)n(CC(C)CNC(=O)NCCCOC2CCCCC2)n1. The monoisotopic (exact) mass is 350 g/mol. The van der Waals surface area contributed by atoms with Crippen LogP contribution >= 0.6 is 0 Å². The highest BCUT2D eigenvalue weighted by atomic mass is 16.5. The lowest BCUT2D eigenvalue weighted by atomic mass is 9.98. The van der Waals surface area contributed by atoms with Crippen LogP contribution in [0.25, 0.3) is 0 Å². The Labute approximate surface area is 151 Å². The molecule has 1 aromatic heterocycles. The number of hydrogen-bond donors (Lipinski definition) is 2. The number of aryl methyl sites for hydroxylation is 2. The van der Waals surface area contributed by atoms with Crippen LogP contribution in [0.15, 0.2) is 6.07 Å². The fraction of sp³-hybridized carbons (Fsp3) is 0.789. The Balaban J connectivity index is 1.50. The first-order valence-corrected chi connectivity index (χ1v) is 9.69. The van der Waals surface area contributed by atoms with E-state index < -0.39 is 0 Å². The number of rotatable bonds is 9. The third-order valence-electron chi connectivity index (χ3n) is 4.71. The van der Waals surface area contributed by atoms with Gasteiger partial charge in [0.05, 0.1) is 11.8 Å². The quantitative estimate of drug-likeness (QED) is 0.672. The van der Waals surface area contributed by atoms with E-state index in [-0.39, 0.29) is 6.03 Å². The summed E-state index contributed by atoms with van der Waals surface area (Å²) in [5.74, 6) is 0.332. The molecule has 0 saturated heterocycles. The average molecular weight is 351 g/mol. The molecule has 6 nitrogen and oxygen atoms in total. The van der Waals surface area contributed by atoms with Gasteiger partial charge in [-0.3, -0.25) is 4.68 Å². The van der Waals surface area contributed by atoms with E-state index in [1.54, 1.807) is 0 Å². The van der Waals surface area contributed by atoms with E-state index in [1.165, 1.54) is 32.1 Å². The number of nitrogens with one attached hydrogen (secondary N) is 2. The van der Waals surface area contributed by atoms with Crippen LogP contribution in [-0.4, -0.2) is 41.6 Å². The van der Waals surface area contributed by atoms with Gasteiger partial charge in [-0.25, -0.2) is 4.79 Å². The lowest BCUT2D eigenvalue weighted by Gasteiger charge is -2.22. The minimum atomic E-state index is -0.0992. The first-order chi connectivity index (χ1) is 12.0. The molecule has 2 rings (SSSR count). The number of carbonyl (C=O) groups is 1. The van der Waals surface area contributed by atoms with Gasteiger partial charge in [-0.05, 0) is 45.1 Å². The fourth-order valence-electron chi connectivity index (χ4n) is 3.30. The zero-order valence-electron chi connectivity index (χ0n) is 16.0. The van der Waals surface area contributed by atoms with E-state index >= 15 is 0 Å². The van der Waals surface area contributed by atoms with Crippen molar-refractivity contribution >= 4 is 6.03 Å². The molecule has 1 aliphatic carbocycles. The number of ether oxygens (including phenoxy) is 1. The van der Waals surface area contributed by atoms with Crippen molar-refractivity contribution in [2.75, 3.05) is 19.7 Å². The molecule has 1 aromatic rings. The van der Waals surface area contributed by atoms with Crippen molar-refractivity contribution in [1.82, 2.24) is 20.4 Å². The van der Waals surface area contributed by atoms with Gasteiger partial charge in [-0.1, -0.05) is 26.2 Å². The molecule has 0 radical (unpaired) electrons. The van der Waals surface area contributed by atoms with Crippen LogP contribution in [0.1, 0.15) is 56.8 Å². The summed E-state index contributed by atoms with van der Waals surface area (Å²) in [5, 5.41) is 10.3. The van der Waals surface area contributed by atoms with E-state index in [4.69, 9.17) is 4.74 Å². The van der Waals surface area contributed by atoms with Gasteiger partial charge in [0, 0.05) is 31.9 Å². The van der Waals surface area contributed by atoms with Crippen LogP contribution in [0.3, 0.4) is 0 Å². The van der Waals surface area contributed by atoms with Gasteiger partial charge in [0.2, 0.25) is 0 Å². The van der Waals surface area contributed by atoms with E-state index in [0.29, 0.717) is 25.1 Å². The van der Waals surface area contributed by atoms with Crippen LogP contribution in [0.4, 0.5) is 4.79 Å². The highest BCUT2D eigenvalue weighted by Gasteiger charge is 2.13. The van der Waals surface area contributed by atoms with Gasteiger partial charge >= 0.3 is 6.03 Å². The largest absolute Gasteiger partial charge is 0.378 e. The molecule has 1 unspecified atom stereocenters. The molecule has 1 fully saturated rings. The first kappa shape index (κ1) is 19.8. The highest BCUT2D eigenvalue weighted by molar-refractivity contribution is 5.73. The standard InChI is InChI=1S/C19H34N4O2/c1-15(14-23-17(3)12-16(2)22-23)13-21-19(24)20-10-7-11-25-18-8-5-4-6-9-18/h12,15,18H,4-11,13-14H2,1-3H3,(H2,20,21,24). The maximum atomic E-state index is 11.9. The Bertz CT molecular complexity index is 523. The van der Waals surface area contributed by atoms with E-state index in [1.807, 2.05) is 11.6 Å². The molecular weight excluding hydrogens is 316 g/mol. The van der Waals surface area contributed by atoms with Gasteiger partial charge < -0.3 is 15.4 Å². The summed E-state index contributed by atoms with van der Waals surface area (Å²) < 4.78 is 7.86. The summed E-state index contributed by atoms with van der Waals surface area (Å²) in [6.45, 7) is 9.02. The number of amides is 2. The molecule has 1 saturated carbocycles. The molecule has 2 amide bonds. The van der Waals surface area contributed by atoms with Gasteiger partial charge in [-0.15, -0.1) is 0 Å². The third kappa shape index (κ3) is 7.46. The Morgan fingerprint density at radius 2 is 2.08 bits per heavy atom. The Kier molecular flexibility index (Phi) is 8.25. The second-order valence-corrected chi connectivity index (χ2v) is 7.34. The number of nitrogens with zero attached hydrogens (tertiary/aromatic N) is 2. The van der Waals surface area contributed by atoms with Crippen molar-refractivity contribution in [2.24, 2.45) is 5.92 Å². The third-order valence-corrected chi connectivity index (χ3v) is 4.71. The molecule has 1 aliphatic rings. The number of hydrogen-bond acceptors (Lipinski definition) is 3. The summed E-state index contributed by atoms with van der Waals surface area (Å²) in [6, 6.07) is 1.97. The number of aromatic nitrogens is 2. The van der Waals surface area contributed by atoms with Crippen molar-refractivity contribution in [3.05, 3.63) is 17.5 Å². The smallest absolute Gasteiger partial charge is 0.314 e. The predicted molar refractivity (Wildman–Crippen MR) is 99.7 cm³/mol. The highest BCUT2D eigenvalue weighted by Crippen LogP contribution is 2.20. The fourth-order valence-corrected chi connectivity index (χ4v) is 3.30. The summed E-state index contributed by atoms with van der Waals surface area (Å²) in [5.41, 5.74) is 2.19. The van der Waals surface area contributed by atoms with Crippen LogP contribution in [0, 0.1) is 19.8 Å². The van der Waals surface area contributed by atoms with Crippen LogP contribution in [0.5, 0.6) is 0 Å². The van der Waals surface area contributed by atoms with Crippen molar-refractivity contribution in [3.8, 4) is 0 Å². The summed E-state index contributed by atoms with van der Waals surface area (Å²) in [7, 11) is 0. The lowest BCUT2D eigenvalue weighted by molar-refractivity contribution is 0.0275. The molecule has 0 bridgehead atoms. The number of urea groups is 1. The van der Waals surface area contributed by atoms with Crippen molar-refractivity contribution in [1.29, 1.82) is 0 Å². The Morgan fingerprint density at radius 1 is 1.32 bits per heavy atom. The molecule has 0 spiro atoms. The first-order valence-electron chi connectivity index (χ1n) is 9.69. The Morgan fingerprint density at radius 3 is 2.76 bits per heavy atom. The molecule has 2 N–H and O–H groups in total. The van der Waals surface area contributed by atoms with Gasteiger partial charge in [-0.2, -0.15) is 5.10 Å². The zero-order valence-corrected chi connectivity index (χ0v) is 16.0. The van der Waals surface area contributed by atoms with Crippen molar-refractivity contribution < 1.29 is 9.53 Å². The predicted octanol–water partition coefficient (Wildman–Crippen LogP) is 3.17. The summed E-state index contributed by atoms with van der Waals surface area (Å²) in [6.07, 6.45) is 7.63. The van der Waals surface area contributed by atoms with Gasteiger partial charge in [0.25, 0.3) is 0 Å². The molecule has 142 valence electrons. The maximum Gasteiger partial charge on any atom is 0.314 e. The molecule has 25 heavy (non-hydrogen) atoms. The van der Waals surface area contributed by atoms with Crippen LogP contribution < -0.4 is 10.6 Å². The average Bonchev–Trinajstić information content (AvgIpc) is 2.91. The van der Waals surface area contributed by atoms with Gasteiger partial charge in [0.1, 0.15) is 0 Å². The Hall–Kier alpha value is -1.56. The lowest BCUT2D eigenvalue weighted by Crippen LogP contribution is -2.39. The maximum absolute atomic E-state index is 11.9. The van der Waals surface area contributed by atoms with Crippen molar-refractivity contribution in [2.45, 2.75) is 71.9 Å². The number of carbonyl (C=O) groups excluding carboxylic acids is 1. The van der Waals surface area contributed by atoms with Crippen LogP contribution in [0.2, 0.25) is 0 Å². The molecule has 6 heteroatoms. The van der Waals surface area contributed by atoms with E-state index in [2.05, 4.69) is 35.6 Å². The summed E-state index contributed by atoms with van der Waals surface area (Å²) in [4.78, 5) is 11.9. The van der Waals surface area contributed by atoms with Crippen LogP contribution in [-0.2, 0) is 11.3 Å². The van der Waals surface area contributed by atoms with E-state index in [9.17, 15) is 4.79 Å². The second-order valence-electron chi connectivity index (χ2n) is 7.34. The summed E-state index contributed by atoms with van der Waals surface area (Å²) >= 11 is 0. The molecule has 0 aliphatic heterocycles. The minimum absolute atomic E-state index is 0.0992. The minimum Gasteiger partial charge on any atom is -0.378 e. The molecule has 1 heterocycles.